The molecule has 2 aromatic carbocycles. The van der Waals surface area contributed by atoms with Crippen molar-refractivity contribution in [1.82, 2.24) is 10.6 Å². The van der Waals surface area contributed by atoms with Crippen molar-refractivity contribution in [2.24, 2.45) is 4.99 Å². The number of hydrogen-bond donors (Lipinski definition) is 2. The maximum absolute atomic E-state index is 14.0. The van der Waals surface area contributed by atoms with Crippen LogP contribution < -0.4 is 15.5 Å². The van der Waals surface area contributed by atoms with E-state index in [2.05, 4.69) is 15.6 Å². The largest absolute Gasteiger partial charge is 0.367 e. The number of rotatable bonds is 6. The molecule has 1 unspecified atom stereocenters. The average molecular weight is 531 g/mol. The molecule has 1 heterocycles. The van der Waals surface area contributed by atoms with Crippen molar-refractivity contribution in [3.8, 4) is 0 Å². The van der Waals surface area contributed by atoms with Crippen LogP contribution in [-0.4, -0.2) is 36.6 Å². The van der Waals surface area contributed by atoms with Crippen molar-refractivity contribution >= 4 is 41.3 Å². The van der Waals surface area contributed by atoms with E-state index in [0.29, 0.717) is 37.8 Å². The number of aliphatic imine (C=N–C) groups is 1. The highest BCUT2D eigenvalue weighted by atomic mass is 127. The molecule has 30 heavy (non-hydrogen) atoms. The van der Waals surface area contributed by atoms with E-state index in [4.69, 9.17) is 0 Å². The predicted molar refractivity (Wildman–Crippen MR) is 123 cm³/mol. The van der Waals surface area contributed by atoms with Crippen LogP contribution in [0, 0.1) is 21.7 Å². The maximum atomic E-state index is 14.0. The highest BCUT2D eigenvalue weighted by molar-refractivity contribution is 14.0. The van der Waals surface area contributed by atoms with Gasteiger partial charge in [-0.3, -0.25) is 10.1 Å². The Bertz CT molecular complexity index is 895. The molecule has 1 aliphatic rings. The lowest BCUT2D eigenvalue weighted by molar-refractivity contribution is -0.384. The first-order chi connectivity index (χ1) is 14.0. The monoisotopic (exact) mass is 531 g/mol. The Morgan fingerprint density at radius 1 is 1.27 bits per heavy atom. The molecule has 7 nitrogen and oxygen atoms in total. The second-order valence-electron chi connectivity index (χ2n) is 6.79. The number of nitro groups is 1. The van der Waals surface area contributed by atoms with Crippen LogP contribution in [0.3, 0.4) is 0 Å². The van der Waals surface area contributed by atoms with Crippen molar-refractivity contribution in [3.05, 3.63) is 69.8 Å². The minimum Gasteiger partial charge on any atom is -0.367 e. The molecular weight excluding hydrogens is 507 g/mol. The smallest absolute Gasteiger partial charge is 0.269 e. The third-order valence-corrected chi connectivity index (χ3v) is 4.69. The van der Waals surface area contributed by atoms with Gasteiger partial charge < -0.3 is 15.5 Å². The summed E-state index contributed by atoms with van der Waals surface area (Å²) in [6.45, 7) is 4.23. The fraction of sp³-hybridized carbons (Fsp3) is 0.350. The van der Waals surface area contributed by atoms with Crippen LogP contribution in [0.2, 0.25) is 0 Å². The van der Waals surface area contributed by atoms with Crippen molar-refractivity contribution in [1.29, 1.82) is 0 Å². The number of nitrogens with one attached hydrogen (secondary N) is 2. The number of nitro benzene ring substituents is 1. The summed E-state index contributed by atoms with van der Waals surface area (Å²) in [5.41, 5.74) is 1.29. The zero-order valence-corrected chi connectivity index (χ0v) is 18.8. The molecule has 0 bridgehead atoms. The summed E-state index contributed by atoms with van der Waals surface area (Å²) in [5, 5.41) is 17.2. The van der Waals surface area contributed by atoms with Crippen molar-refractivity contribution in [2.75, 3.05) is 24.5 Å². The molecule has 1 fully saturated rings. The highest BCUT2D eigenvalue weighted by Crippen LogP contribution is 2.24. The van der Waals surface area contributed by atoms with E-state index >= 15 is 0 Å². The SMILES string of the molecule is CCNC(=NCc1ccc([N+](=O)[O-])cc1)NC1CCN(c2ccc(F)cc2F)C1.I. The fourth-order valence-corrected chi connectivity index (χ4v) is 3.24. The van der Waals surface area contributed by atoms with Crippen molar-refractivity contribution < 1.29 is 13.7 Å². The molecular formula is C20H24F2IN5O2. The molecule has 3 rings (SSSR count). The molecule has 2 N–H and O–H groups in total. The van der Waals surface area contributed by atoms with Gasteiger partial charge in [0.1, 0.15) is 11.6 Å². The summed E-state index contributed by atoms with van der Waals surface area (Å²) < 4.78 is 27.1. The molecule has 1 aliphatic heterocycles. The van der Waals surface area contributed by atoms with Gasteiger partial charge in [0, 0.05) is 43.9 Å². The Morgan fingerprint density at radius 2 is 2.00 bits per heavy atom. The van der Waals surface area contributed by atoms with E-state index in [0.717, 1.165) is 18.1 Å². The van der Waals surface area contributed by atoms with Crippen LogP contribution in [0.25, 0.3) is 0 Å². The summed E-state index contributed by atoms with van der Waals surface area (Å²) in [6, 6.07) is 9.95. The molecule has 1 atom stereocenters. The highest BCUT2D eigenvalue weighted by Gasteiger charge is 2.25. The molecule has 1 saturated heterocycles. The molecule has 162 valence electrons. The second-order valence-corrected chi connectivity index (χ2v) is 6.79. The molecule has 2 aromatic rings. The molecule has 0 saturated carbocycles. The lowest BCUT2D eigenvalue weighted by Gasteiger charge is -2.21. The summed E-state index contributed by atoms with van der Waals surface area (Å²) >= 11 is 0. The van der Waals surface area contributed by atoms with Crippen LogP contribution in [0.5, 0.6) is 0 Å². The lowest BCUT2D eigenvalue weighted by Crippen LogP contribution is -2.44. The van der Waals surface area contributed by atoms with Gasteiger partial charge in [-0.1, -0.05) is 12.1 Å². The molecule has 0 spiro atoms. The summed E-state index contributed by atoms with van der Waals surface area (Å²) in [6.07, 6.45) is 0.790. The number of nitrogens with zero attached hydrogens (tertiary/aromatic N) is 3. The van der Waals surface area contributed by atoms with Crippen LogP contribution in [-0.2, 0) is 6.54 Å². The molecule has 0 amide bonds. The predicted octanol–water partition coefficient (Wildman–Crippen LogP) is 3.83. The maximum Gasteiger partial charge on any atom is 0.269 e. The zero-order valence-electron chi connectivity index (χ0n) is 16.5. The molecule has 0 aliphatic carbocycles. The Morgan fingerprint density at radius 3 is 2.63 bits per heavy atom. The van der Waals surface area contributed by atoms with Crippen molar-refractivity contribution in [2.45, 2.75) is 25.9 Å². The van der Waals surface area contributed by atoms with E-state index in [1.54, 1.807) is 12.1 Å². The Kier molecular flexibility index (Phi) is 8.75. The number of hydrogen-bond acceptors (Lipinski definition) is 4. The molecule has 0 radical (unpaired) electrons. The van der Waals surface area contributed by atoms with Gasteiger partial charge in [0.2, 0.25) is 0 Å². The molecule has 10 heteroatoms. The lowest BCUT2D eigenvalue weighted by atomic mass is 10.2. The van der Waals surface area contributed by atoms with Crippen LogP contribution >= 0.6 is 24.0 Å². The number of halogens is 3. The van der Waals surface area contributed by atoms with Crippen LogP contribution in [0.15, 0.2) is 47.5 Å². The van der Waals surface area contributed by atoms with Crippen LogP contribution in [0.1, 0.15) is 18.9 Å². The van der Waals surface area contributed by atoms with Gasteiger partial charge in [0.15, 0.2) is 5.96 Å². The molecule has 0 aromatic heterocycles. The third kappa shape index (κ3) is 6.25. The summed E-state index contributed by atoms with van der Waals surface area (Å²) in [4.78, 5) is 16.7. The van der Waals surface area contributed by atoms with Gasteiger partial charge in [0.05, 0.1) is 17.2 Å². The summed E-state index contributed by atoms with van der Waals surface area (Å²) in [7, 11) is 0. The fourth-order valence-electron chi connectivity index (χ4n) is 3.24. The minimum absolute atomic E-state index is 0. The van der Waals surface area contributed by atoms with Gasteiger partial charge in [-0.25, -0.2) is 13.8 Å². The zero-order chi connectivity index (χ0) is 20.8. The topological polar surface area (TPSA) is 82.8 Å². The van der Waals surface area contributed by atoms with E-state index < -0.39 is 16.6 Å². The minimum atomic E-state index is -0.590. The van der Waals surface area contributed by atoms with E-state index in [1.807, 2.05) is 11.8 Å². The number of non-ortho nitro benzene ring substituents is 1. The van der Waals surface area contributed by atoms with E-state index in [1.165, 1.54) is 24.3 Å². The van der Waals surface area contributed by atoms with E-state index in [9.17, 15) is 18.9 Å². The van der Waals surface area contributed by atoms with Crippen molar-refractivity contribution in [3.63, 3.8) is 0 Å². The van der Waals surface area contributed by atoms with E-state index in [-0.39, 0.29) is 35.7 Å². The van der Waals surface area contributed by atoms with Crippen LogP contribution in [0.4, 0.5) is 20.2 Å². The first-order valence-corrected chi connectivity index (χ1v) is 9.44. The van der Waals surface area contributed by atoms with Gasteiger partial charge in [-0.2, -0.15) is 0 Å². The second kappa shape index (κ2) is 11.0. The number of benzene rings is 2. The normalized spacial score (nSPS) is 16.2. The first-order valence-electron chi connectivity index (χ1n) is 9.44. The standard InChI is InChI=1S/C20H23F2N5O2.HI/c1-2-23-20(24-12-14-3-6-17(7-4-14)27(28)29)25-16-9-10-26(13-16)19-8-5-15(21)11-18(19)22;/h3-8,11,16H,2,9-10,12-13H2,1H3,(H2,23,24,25);1H. The quantitative estimate of drug-likeness (QED) is 0.195. The van der Waals surface area contributed by atoms with Gasteiger partial charge >= 0.3 is 0 Å². The first kappa shape index (κ1) is 23.8. The number of guanidine groups is 1. The number of anilines is 1. The average Bonchev–Trinajstić information content (AvgIpc) is 3.14. The Balaban J connectivity index is 0.00000320. The third-order valence-electron chi connectivity index (χ3n) is 4.69. The summed E-state index contributed by atoms with van der Waals surface area (Å²) in [5.74, 6) is -0.533. The van der Waals surface area contributed by atoms with Gasteiger partial charge in [0.25, 0.3) is 5.69 Å². The Labute approximate surface area is 190 Å². The van der Waals surface area contributed by atoms with Gasteiger partial charge in [-0.05, 0) is 31.0 Å². The Hall–Kier alpha value is -2.50. The van der Waals surface area contributed by atoms with Gasteiger partial charge in [-0.15, -0.1) is 24.0 Å².